The van der Waals surface area contributed by atoms with Gasteiger partial charge in [-0.2, -0.15) is 0 Å². The zero-order chi connectivity index (χ0) is 19.6. The summed E-state index contributed by atoms with van der Waals surface area (Å²) in [4.78, 5) is 0. The second-order valence-electron chi connectivity index (χ2n) is 5.83. The molecular formula is C20H14F5NO. The SMILES string of the molecule is NCc1ccc(-c2cc(F)c(OCc3cc(F)c(F)c(F)c3)c(F)c2)cc1. The van der Waals surface area contributed by atoms with E-state index in [4.69, 9.17) is 10.5 Å². The van der Waals surface area contributed by atoms with Crippen LogP contribution in [-0.4, -0.2) is 0 Å². The molecule has 0 fully saturated rings. The van der Waals surface area contributed by atoms with Gasteiger partial charge in [-0.1, -0.05) is 24.3 Å². The van der Waals surface area contributed by atoms with E-state index in [0.29, 0.717) is 29.8 Å². The van der Waals surface area contributed by atoms with Crippen LogP contribution in [0, 0.1) is 29.1 Å². The highest BCUT2D eigenvalue weighted by molar-refractivity contribution is 5.65. The van der Waals surface area contributed by atoms with Crippen molar-refractivity contribution < 1.29 is 26.7 Å². The van der Waals surface area contributed by atoms with Crippen LogP contribution in [0.15, 0.2) is 48.5 Å². The van der Waals surface area contributed by atoms with Gasteiger partial charge in [-0.3, -0.25) is 0 Å². The van der Waals surface area contributed by atoms with Crippen molar-refractivity contribution in [3.8, 4) is 16.9 Å². The number of nitrogens with two attached hydrogens (primary N) is 1. The summed E-state index contributed by atoms with van der Waals surface area (Å²) < 4.78 is 72.9. The molecule has 3 aromatic rings. The molecule has 0 bridgehead atoms. The van der Waals surface area contributed by atoms with Gasteiger partial charge < -0.3 is 10.5 Å². The summed E-state index contributed by atoms with van der Waals surface area (Å²) in [5.41, 5.74) is 7.15. The van der Waals surface area contributed by atoms with E-state index in [0.717, 1.165) is 17.7 Å². The van der Waals surface area contributed by atoms with Crippen molar-refractivity contribution in [1.82, 2.24) is 0 Å². The third-order valence-corrected chi connectivity index (χ3v) is 3.95. The van der Waals surface area contributed by atoms with Crippen molar-refractivity contribution in [2.45, 2.75) is 13.2 Å². The average Bonchev–Trinajstić information content (AvgIpc) is 2.65. The van der Waals surface area contributed by atoms with Crippen LogP contribution in [0.25, 0.3) is 11.1 Å². The second-order valence-corrected chi connectivity index (χ2v) is 5.83. The first-order chi connectivity index (χ1) is 12.9. The molecule has 0 aliphatic carbocycles. The number of benzene rings is 3. The minimum absolute atomic E-state index is 0.105. The maximum atomic E-state index is 14.3. The van der Waals surface area contributed by atoms with Gasteiger partial charge in [0.1, 0.15) is 6.61 Å². The van der Waals surface area contributed by atoms with Crippen molar-refractivity contribution in [1.29, 1.82) is 0 Å². The van der Waals surface area contributed by atoms with E-state index in [9.17, 15) is 22.0 Å². The Morgan fingerprint density at radius 1 is 0.667 bits per heavy atom. The topological polar surface area (TPSA) is 35.2 Å². The van der Waals surface area contributed by atoms with Gasteiger partial charge in [-0.15, -0.1) is 0 Å². The Bertz CT molecular complexity index is 927. The summed E-state index contributed by atoms with van der Waals surface area (Å²) in [7, 11) is 0. The molecule has 2 N–H and O–H groups in total. The number of rotatable bonds is 5. The van der Waals surface area contributed by atoms with Gasteiger partial charge >= 0.3 is 0 Å². The van der Waals surface area contributed by atoms with E-state index >= 15 is 0 Å². The van der Waals surface area contributed by atoms with Crippen LogP contribution < -0.4 is 10.5 Å². The fourth-order valence-corrected chi connectivity index (χ4v) is 2.54. The largest absolute Gasteiger partial charge is 0.483 e. The van der Waals surface area contributed by atoms with Gasteiger partial charge in [-0.05, 0) is 46.5 Å². The molecule has 7 heteroatoms. The fraction of sp³-hybridized carbons (Fsp3) is 0.100. The Hall–Kier alpha value is -2.93. The van der Waals surface area contributed by atoms with Crippen LogP contribution in [-0.2, 0) is 13.2 Å². The van der Waals surface area contributed by atoms with Crippen LogP contribution in [0.4, 0.5) is 22.0 Å². The van der Waals surface area contributed by atoms with Gasteiger partial charge in [0.25, 0.3) is 0 Å². The molecule has 0 radical (unpaired) electrons. The minimum atomic E-state index is -1.62. The Labute approximate surface area is 152 Å². The first kappa shape index (κ1) is 18.8. The molecule has 0 amide bonds. The van der Waals surface area contributed by atoms with E-state index in [2.05, 4.69) is 0 Å². The molecule has 140 valence electrons. The molecule has 0 aromatic heterocycles. The van der Waals surface area contributed by atoms with E-state index in [1.54, 1.807) is 24.3 Å². The Morgan fingerprint density at radius 2 is 1.22 bits per heavy atom. The number of hydrogen-bond acceptors (Lipinski definition) is 2. The number of ether oxygens (including phenoxy) is 1. The maximum absolute atomic E-state index is 14.3. The van der Waals surface area contributed by atoms with Crippen molar-refractivity contribution in [2.24, 2.45) is 5.73 Å². The van der Waals surface area contributed by atoms with E-state index < -0.39 is 41.4 Å². The Morgan fingerprint density at radius 3 is 1.74 bits per heavy atom. The molecule has 0 heterocycles. The van der Waals surface area contributed by atoms with Crippen molar-refractivity contribution >= 4 is 0 Å². The average molecular weight is 379 g/mol. The van der Waals surface area contributed by atoms with Crippen molar-refractivity contribution in [3.05, 3.63) is 88.7 Å². The summed E-state index contributed by atoms with van der Waals surface area (Å²) in [5, 5.41) is 0. The summed E-state index contributed by atoms with van der Waals surface area (Å²) >= 11 is 0. The lowest BCUT2D eigenvalue weighted by atomic mass is 10.0. The van der Waals surface area contributed by atoms with Gasteiger partial charge in [0, 0.05) is 6.54 Å². The molecule has 27 heavy (non-hydrogen) atoms. The molecule has 0 spiro atoms. The van der Waals surface area contributed by atoms with E-state index in [1.165, 1.54) is 0 Å². The van der Waals surface area contributed by atoms with Gasteiger partial charge in [0.2, 0.25) is 0 Å². The predicted molar refractivity (Wildman–Crippen MR) is 90.3 cm³/mol. The highest BCUT2D eigenvalue weighted by atomic mass is 19.2. The molecule has 0 saturated carbocycles. The molecule has 0 aliphatic rings. The lowest BCUT2D eigenvalue weighted by Crippen LogP contribution is -2.03. The normalized spacial score (nSPS) is 10.9. The summed E-state index contributed by atoms with van der Waals surface area (Å²) in [6, 6.07) is 10.4. The number of halogens is 5. The third-order valence-electron chi connectivity index (χ3n) is 3.95. The van der Waals surface area contributed by atoms with E-state index in [-0.39, 0.29) is 5.56 Å². The fourth-order valence-electron chi connectivity index (χ4n) is 2.54. The number of hydrogen-bond donors (Lipinski definition) is 1. The van der Waals surface area contributed by atoms with Crippen molar-refractivity contribution in [3.63, 3.8) is 0 Å². The van der Waals surface area contributed by atoms with Crippen molar-refractivity contribution in [2.75, 3.05) is 0 Å². The predicted octanol–water partition coefficient (Wildman–Crippen LogP) is 5.09. The van der Waals surface area contributed by atoms with Gasteiger partial charge in [0.05, 0.1) is 0 Å². The van der Waals surface area contributed by atoms with Crippen LogP contribution in [0.5, 0.6) is 5.75 Å². The molecule has 0 unspecified atom stereocenters. The molecule has 3 rings (SSSR count). The summed E-state index contributed by atoms with van der Waals surface area (Å²) in [6.07, 6.45) is 0. The molecule has 3 aromatic carbocycles. The third kappa shape index (κ3) is 4.09. The lowest BCUT2D eigenvalue weighted by molar-refractivity contribution is 0.272. The summed E-state index contributed by atoms with van der Waals surface area (Å²) in [6.45, 7) is -0.188. The highest BCUT2D eigenvalue weighted by Crippen LogP contribution is 2.30. The molecular weight excluding hydrogens is 365 g/mol. The van der Waals surface area contributed by atoms with Crippen LogP contribution >= 0.6 is 0 Å². The quantitative estimate of drug-likeness (QED) is 0.495. The smallest absolute Gasteiger partial charge is 0.194 e. The zero-order valence-corrected chi connectivity index (χ0v) is 13.9. The van der Waals surface area contributed by atoms with E-state index in [1.807, 2.05) is 0 Å². The summed E-state index contributed by atoms with van der Waals surface area (Å²) in [5.74, 6) is -7.09. The zero-order valence-electron chi connectivity index (χ0n) is 13.9. The standard InChI is InChI=1S/C20H14F5NO/c21-15-5-12(6-16(22)19(15)25)10-27-20-17(23)7-14(8-18(20)24)13-3-1-11(9-26)2-4-13/h1-8H,9-10,26H2. The van der Waals surface area contributed by atoms with Crippen LogP contribution in [0.2, 0.25) is 0 Å². The highest BCUT2D eigenvalue weighted by Gasteiger charge is 2.16. The minimum Gasteiger partial charge on any atom is -0.483 e. The Kier molecular flexibility index (Phi) is 5.41. The van der Waals surface area contributed by atoms with Gasteiger partial charge in [0.15, 0.2) is 34.8 Å². The first-order valence-electron chi connectivity index (χ1n) is 7.93. The van der Waals surface area contributed by atoms with Crippen LogP contribution in [0.3, 0.4) is 0 Å². The molecule has 0 aliphatic heterocycles. The van der Waals surface area contributed by atoms with Gasteiger partial charge in [-0.25, -0.2) is 22.0 Å². The van der Waals surface area contributed by atoms with Crippen LogP contribution in [0.1, 0.15) is 11.1 Å². The molecule has 0 saturated heterocycles. The first-order valence-corrected chi connectivity index (χ1v) is 7.93. The molecule has 0 atom stereocenters. The monoisotopic (exact) mass is 379 g/mol. The Balaban J connectivity index is 1.82. The maximum Gasteiger partial charge on any atom is 0.194 e. The molecule has 2 nitrogen and oxygen atoms in total. The second kappa shape index (κ2) is 7.75. The lowest BCUT2D eigenvalue weighted by Gasteiger charge is -2.11.